The topological polar surface area (TPSA) is 80.9 Å². The highest BCUT2D eigenvalue weighted by molar-refractivity contribution is 14.0. The Labute approximate surface area is 190 Å². The Morgan fingerprint density at radius 3 is 2.59 bits per heavy atom. The van der Waals surface area contributed by atoms with Crippen LogP contribution in [-0.2, 0) is 13.1 Å². The van der Waals surface area contributed by atoms with Gasteiger partial charge < -0.3 is 24.6 Å². The quantitative estimate of drug-likeness (QED) is 0.276. The van der Waals surface area contributed by atoms with Gasteiger partial charge in [-0.25, -0.2) is 4.99 Å². The molecule has 0 bridgehead atoms. The highest BCUT2D eigenvalue weighted by atomic mass is 127. The third kappa shape index (κ3) is 8.12. The second-order valence-electron chi connectivity index (χ2n) is 6.76. The number of halogens is 1. The van der Waals surface area contributed by atoms with Gasteiger partial charge in [-0.05, 0) is 37.0 Å². The first kappa shape index (κ1) is 25.1. The molecule has 0 saturated carbocycles. The van der Waals surface area contributed by atoms with E-state index in [2.05, 4.69) is 41.6 Å². The largest absolute Gasteiger partial charge is 0.493 e. The molecule has 162 valence electrons. The number of nitrogens with one attached hydrogen (secondary N) is 2. The summed E-state index contributed by atoms with van der Waals surface area (Å²) in [6.07, 6.45) is 0.955. The summed E-state index contributed by atoms with van der Waals surface area (Å²) in [5, 5.41) is 10.6. The Balaban J connectivity index is 0.00000420. The van der Waals surface area contributed by atoms with Crippen molar-refractivity contribution >= 4 is 29.9 Å². The zero-order valence-electron chi connectivity index (χ0n) is 17.9. The van der Waals surface area contributed by atoms with Crippen LogP contribution in [0, 0.1) is 0 Å². The van der Waals surface area contributed by atoms with Gasteiger partial charge in [-0.15, -0.1) is 24.0 Å². The summed E-state index contributed by atoms with van der Waals surface area (Å²) in [5.74, 6) is 3.33. The average molecular weight is 516 g/mol. The van der Waals surface area contributed by atoms with E-state index < -0.39 is 0 Å². The number of methoxy groups -OCH3 is 1. The molecule has 1 aromatic carbocycles. The lowest BCUT2D eigenvalue weighted by Crippen LogP contribution is -2.36. The van der Waals surface area contributed by atoms with Gasteiger partial charge in [0.05, 0.1) is 32.5 Å². The summed E-state index contributed by atoms with van der Waals surface area (Å²) < 4.78 is 16.5. The first-order chi connectivity index (χ1) is 13.6. The lowest BCUT2D eigenvalue weighted by atomic mass is 10.1. The molecule has 0 atom stereocenters. The van der Waals surface area contributed by atoms with Crippen molar-refractivity contribution in [3.63, 3.8) is 0 Å². The normalized spacial score (nSPS) is 11.2. The standard InChI is InChI=1S/C21H32N4O3.HI/c1-6-10-27-19-9-8-16(11-20(19)26-5)13-23-21(22-7-2)24-14-17-12-18(15(3)4)25-28-17;/h8-9,11-12,15H,6-7,10,13-14H2,1-5H3,(H2,22,23,24);1H. The number of aliphatic imine (C=N–C) groups is 1. The molecule has 2 aromatic rings. The van der Waals surface area contributed by atoms with Crippen LogP contribution in [-0.4, -0.2) is 31.4 Å². The van der Waals surface area contributed by atoms with Crippen LogP contribution >= 0.6 is 24.0 Å². The fourth-order valence-electron chi connectivity index (χ4n) is 2.51. The van der Waals surface area contributed by atoms with Gasteiger partial charge in [0.15, 0.2) is 23.2 Å². The summed E-state index contributed by atoms with van der Waals surface area (Å²) in [6.45, 7) is 10.8. The van der Waals surface area contributed by atoms with Gasteiger partial charge in [-0.2, -0.15) is 0 Å². The molecule has 0 aliphatic carbocycles. The first-order valence-electron chi connectivity index (χ1n) is 9.84. The van der Waals surface area contributed by atoms with Crippen LogP contribution in [0.1, 0.15) is 57.1 Å². The molecular formula is C21H33IN4O3. The molecule has 1 heterocycles. The van der Waals surface area contributed by atoms with Gasteiger partial charge in [0, 0.05) is 12.6 Å². The molecule has 0 fully saturated rings. The molecule has 8 heteroatoms. The Morgan fingerprint density at radius 1 is 1.17 bits per heavy atom. The van der Waals surface area contributed by atoms with E-state index in [-0.39, 0.29) is 24.0 Å². The van der Waals surface area contributed by atoms with Gasteiger partial charge in [-0.3, -0.25) is 0 Å². The molecule has 7 nitrogen and oxygen atoms in total. The molecule has 0 unspecified atom stereocenters. The fraction of sp³-hybridized carbons (Fsp3) is 0.524. The number of nitrogens with zero attached hydrogens (tertiary/aromatic N) is 2. The van der Waals surface area contributed by atoms with Gasteiger partial charge >= 0.3 is 0 Å². The number of guanidine groups is 1. The lowest BCUT2D eigenvalue weighted by Gasteiger charge is -2.12. The summed E-state index contributed by atoms with van der Waals surface area (Å²) >= 11 is 0. The van der Waals surface area contributed by atoms with Crippen LogP contribution < -0.4 is 20.1 Å². The first-order valence-corrected chi connectivity index (χ1v) is 9.84. The molecule has 0 aliphatic heterocycles. The SMILES string of the molecule is CCCOc1ccc(CN=C(NCC)NCc2cc(C(C)C)no2)cc1OC.I. The molecular weight excluding hydrogens is 483 g/mol. The van der Waals surface area contributed by atoms with Crippen LogP contribution in [0.25, 0.3) is 0 Å². The van der Waals surface area contributed by atoms with Crippen LogP contribution in [0.3, 0.4) is 0 Å². The van der Waals surface area contributed by atoms with Crippen molar-refractivity contribution in [2.24, 2.45) is 4.99 Å². The predicted octanol–water partition coefficient (Wildman–Crippen LogP) is 4.47. The highest BCUT2D eigenvalue weighted by Crippen LogP contribution is 2.28. The molecule has 0 spiro atoms. The second-order valence-corrected chi connectivity index (χ2v) is 6.76. The summed E-state index contributed by atoms with van der Waals surface area (Å²) in [4.78, 5) is 4.64. The second kappa shape index (κ2) is 13.3. The molecule has 0 aliphatic rings. The van der Waals surface area contributed by atoms with Crippen molar-refractivity contribution < 1.29 is 14.0 Å². The highest BCUT2D eigenvalue weighted by Gasteiger charge is 2.09. The van der Waals surface area contributed by atoms with E-state index in [1.807, 2.05) is 31.2 Å². The number of benzene rings is 1. The number of hydrogen-bond acceptors (Lipinski definition) is 5. The van der Waals surface area contributed by atoms with E-state index in [9.17, 15) is 0 Å². The maximum absolute atomic E-state index is 5.70. The molecule has 1 aromatic heterocycles. The third-order valence-electron chi connectivity index (χ3n) is 4.05. The zero-order chi connectivity index (χ0) is 20.4. The van der Waals surface area contributed by atoms with Crippen LogP contribution in [0.2, 0.25) is 0 Å². The van der Waals surface area contributed by atoms with E-state index in [0.29, 0.717) is 25.6 Å². The Bertz CT molecular complexity index is 762. The van der Waals surface area contributed by atoms with Crippen molar-refractivity contribution in [2.75, 3.05) is 20.3 Å². The predicted molar refractivity (Wildman–Crippen MR) is 126 cm³/mol. The monoisotopic (exact) mass is 516 g/mol. The van der Waals surface area contributed by atoms with E-state index >= 15 is 0 Å². The lowest BCUT2D eigenvalue weighted by molar-refractivity contribution is 0.294. The van der Waals surface area contributed by atoms with E-state index in [0.717, 1.165) is 47.4 Å². The number of rotatable bonds is 10. The molecule has 0 amide bonds. The van der Waals surface area contributed by atoms with E-state index in [1.165, 1.54) is 0 Å². The molecule has 0 saturated heterocycles. The molecule has 2 rings (SSSR count). The van der Waals surface area contributed by atoms with E-state index in [1.54, 1.807) is 7.11 Å². The molecule has 0 radical (unpaired) electrons. The average Bonchev–Trinajstić information content (AvgIpc) is 3.18. The maximum atomic E-state index is 5.70. The van der Waals surface area contributed by atoms with Crippen LogP contribution in [0.15, 0.2) is 33.8 Å². The van der Waals surface area contributed by atoms with Crippen LogP contribution in [0.5, 0.6) is 11.5 Å². The zero-order valence-corrected chi connectivity index (χ0v) is 20.3. The Morgan fingerprint density at radius 2 is 1.97 bits per heavy atom. The van der Waals surface area contributed by atoms with Crippen molar-refractivity contribution in [1.82, 2.24) is 15.8 Å². The maximum Gasteiger partial charge on any atom is 0.191 e. The third-order valence-corrected chi connectivity index (χ3v) is 4.05. The Hall–Kier alpha value is -1.97. The smallest absolute Gasteiger partial charge is 0.191 e. The number of aromatic nitrogens is 1. The van der Waals surface area contributed by atoms with Crippen molar-refractivity contribution in [1.29, 1.82) is 0 Å². The van der Waals surface area contributed by atoms with E-state index in [4.69, 9.17) is 14.0 Å². The summed E-state index contributed by atoms with van der Waals surface area (Å²) in [7, 11) is 1.65. The fourth-order valence-corrected chi connectivity index (χ4v) is 2.51. The van der Waals surface area contributed by atoms with Gasteiger partial charge in [-0.1, -0.05) is 32.0 Å². The minimum atomic E-state index is 0. The van der Waals surface area contributed by atoms with Crippen molar-refractivity contribution in [2.45, 2.75) is 53.1 Å². The van der Waals surface area contributed by atoms with Gasteiger partial charge in [0.25, 0.3) is 0 Å². The minimum Gasteiger partial charge on any atom is -0.493 e. The minimum absolute atomic E-state index is 0. The van der Waals surface area contributed by atoms with Crippen LogP contribution in [0.4, 0.5) is 0 Å². The van der Waals surface area contributed by atoms with Gasteiger partial charge in [0.2, 0.25) is 0 Å². The Kier molecular flexibility index (Phi) is 11.5. The van der Waals surface area contributed by atoms with Crippen molar-refractivity contribution in [3.05, 3.63) is 41.3 Å². The van der Waals surface area contributed by atoms with Gasteiger partial charge in [0.1, 0.15) is 0 Å². The number of ether oxygens (including phenoxy) is 2. The number of hydrogen-bond donors (Lipinski definition) is 2. The summed E-state index contributed by atoms with van der Waals surface area (Å²) in [5.41, 5.74) is 2.00. The summed E-state index contributed by atoms with van der Waals surface area (Å²) in [6, 6.07) is 7.87. The van der Waals surface area contributed by atoms with Crippen molar-refractivity contribution in [3.8, 4) is 11.5 Å². The molecule has 29 heavy (non-hydrogen) atoms. The molecule has 2 N–H and O–H groups in total.